The average molecular weight is 331 g/mol. The van der Waals surface area contributed by atoms with E-state index in [0.29, 0.717) is 18.8 Å². The van der Waals surface area contributed by atoms with E-state index in [9.17, 15) is 8.42 Å². The van der Waals surface area contributed by atoms with Crippen LogP contribution in [-0.2, 0) is 15.9 Å². The van der Waals surface area contributed by atoms with Crippen LogP contribution in [0.5, 0.6) is 0 Å². The Morgan fingerprint density at radius 2 is 2.00 bits per heavy atom. The van der Waals surface area contributed by atoms with Crippen molar-refractivity contribution in [3.05, 3.63) is 16.5 Å². The molecule has 0 aromatic carbocycles. The minimum absolute atomic E-state index is 0.131. The first-order chi connectivity index (χ1) is 7.47. The maximum Gasteiger partial charge on any atom is 0.247 e. The Morgan fingerprint density at radius 1 is 1.44 bits per heavy atom. The smallest absolute Gasteiger partial charge is 0.247 e. The summed E-state index contributed by atoms with van der Waals surface area (Å²) in [7, 11) is -3.49. The van der Waals surface area contributed by atoms with Gasteiger partial charge < -0.3 is 4.42 Å². The van der Waals surface area contributed by atoms with E-state index in [1.54, 1.807) is 13.8 Å². The predicted octanol–water partition coefficient (Wildman–Crippen LogP) is 2.81. The van der Waals surface area contributed by atoms with E-state index >= 15 is 0 Å². The molecule has 0 amide bonds. The normalized spacial score (nSPS) is 12.3. The molecule has 0 aliphatic carbocycles. The van der Waals surface area contributed by atoms with E-state index in [1.807, 2.05) is 0 Å². The van der Waals surface area contributed by atoms with Crippen molar-refractivity contribution in [3.63, 3.8) is 0 Å². The standard InChI is InChI=1S/C9H13BrClNO3S/c1-3-12(4-2)16(13,14)8-5-7(6-11)15-9(8)10/h5H,3-4,6H2,1-2H3. The molecular formula is C9H13BrClNO3S. The summed E-state index contributed by atoms with van der Waals surface area (Å²) in [6.07, 6.45) is 0. The van der Waals surface area contributed by atoms with Crippen LogP contribution in [0, 0.1) is 0 Å². The Morgan fingerprint density at radius 3 is 2.38 bits per heavy atom. The maximum atomic E-state index is 12.1. The van der Waals surface area contributed by atoms with Gasteiger partial charge in [0.25, 0.3) is 0 Å². The molecule has 0 saturated heterocycles. The zero-order valence-corrected chi connectivity index (χ0v) is 12.2. The quantitative estimate of drug-likeness (QED) is 0.780. The highest BCUT2D eigenvalue weighted by molar-refractivity contribution is 9.10. The van der Waals surface area contributed by atoms with Crippen LogP contribution in [0.4, 0.5) is 0 Å². The molecule has 0 bridgehead atoms. The van der Waals surface area contributed by atoms with Crippen LogP contribution in [0.15, 0.2) is 20.0 Å². The topological polar surface area (TPSA) is 50.5 Å². The van der Waals surface area contributed by atoms with Crippen LogP contribution in [0.25, 0.3) is 0 Å². The summed E-state index contributed by atoms with van der Waals surface area (Å²) in [6.45, 7) is 4.42. The van der Waals surface area contributed by atoms with Crippen molar-refractivity contribution in [2.45, 2.75) is 24.6 Å². The van der Waals surface area contributed by atoms with Crippen LogP contribution in [0.3, 0.4) is 0 Å². The minimum atomic E-state index is -3.49. The van der Waals surface area contributed by atoms with Crippen LogP contribution in [0.2, 0.25) is 0 Å². The minimum Gasteiger partial charge on any atom is -0.452 e. The molecule has 1 aromatic rings. The molecule has 16 heavy (non-hydrogen) atoms. The molecule has 1 aromatic heterocycles. The second-order valence-electron chi connectivity index (χ2n) is 3.07. The summed E-state index contributed by atoms with van der Waals surface area (Å²) in [5.74, 6) is 0.575. The largest absolute Gasteiger partial charge is 0.452 e. The molecule has 7 heteroatoms. The molecule has 0 aliphatic heterocycles. The van der Waals surface area contributed by atoms with Crippen LogP contribution in [0.1, 0.15) is 19.6 Å². The third-order valence-electron chi connectivity index (χ3n) is 2.16. The summed E-state index contributed by atoms with van der Waals surface area (Å²) in [6, 6.07) is 1.45. The molecule has 4 nitrogen and oxygen atoms in total. The van der Waals surface area contributed by atoms with Crippen molar-refractivity contribution >= 4 is 37.6 Å². The number of rotatable bonds is 5. The van der Waals surface area contributed by atoms with E-state index in [0.717, 1.165) is 0 Å². The fraction of sp³-hybridized carbons (Fsp3) is 0.556. The molecule has 0 unspecified atom stereocenters. The molecule has 0 fully saturated rings. The van der Waals surface area contributed by atoms with Gasteiger partial charge in [-0.25, -0.2) is 8.42 Å². The first-order valence-corrected chi connectivity index (χ1v) is 7.58. The van der Waals surface area contributed by atoms with Gasteiger partial charge in [0.2, 0.25) is 10.0 Å². The van der Waals surface area contributed by atoms with Crippen molar-refractivity contribution < 1.29 is 12.8 Å². The monoisotopic (exact) mass is 329 g/mol. The van der Waals surface area contributed by atoms with Gasteiger partial charge in [-0.05, 0) is 15.9 Å². The lowest BCUT2D eigenvalue weighted by Crippen LogP contribution is -2.30. The van der Waals surface area contributed by atoms with Gasteiger partial charge in [-0.2, -0.15) is 4.31 Å². The molecule has 92 valence electrons. The van der Waals surface area contributed by atoms with Crippen molar-refractivity contribution in [3.8, 4) is 0 Å². The summed E-state index contributed by atoms with van der Waals surface area (Å²) in [5.41, 5.74) is 0. The summed E-state index contributed by atoms with van der Waals surface area (Å²) < 4.78 is 31.0. The number of hydrogen-bond acceptors (Lipinski definition) is 3. The first-order valence-electron chi connectivity index (χ1n) is 4.81. The molecule has 1 heterocycles. The molecule has 0 aliphatic rings. The molecule has 0 N–H and O–H groups in total. The number of furan rings is 1. The lowest BCUT2D eigenvalue weighted by Gasteiger charge is -2.17. The Hall–Kier alpha value is -0.0400. The van der Waals surface area contributed by atoms with Crippen LogP contribution < -0.4 is 0 Å². The first kappa shape index (κ1) is 14.0. The van der Waals surface area contributed by atoms with Gasteiger partial charge in [-0.15, -0.1) is 11.6 Å². The van der Waals surface area contributed by atoms with E-state index < -0.39 is 10.0 Å². The Balaban J connectivity index is 3.21. The molecule has 1 rings (SSSR count). The number of alkyl halides is 1. The van der Waals surface area contributed by atoms with Gasteiger partial charge in [0.05, 0.1) is 5.88 Å². The van der Waals surface area contributed by atoms with Gasteiger partial charge in [0, 0.05) is 19.2 Å². The zero-order chi connectivity index (χ0) is 12.3. The van der Waals surface area contributed by atoms with Crippen molar-refractivity contribution in [2.75, 3.05) is 13.1 Å². The third kappa shape index (κ3) is 2.61. The highest BCUT2D eigenvalue weighted by Crippen LogP contribution is 2.29. The Labute approximate surface area is 109 Å². The zero-order valence-electron chi connectivity index (χ0n) is 9.03. The Kier molecular flexibility index (Phi) is 4.85. The second-order valence-corrected chi connectivity index (χ2v) is 5.97. The van der Waals surface area contributed by atoms with Gasteiger partial charge in [-0.1, -0.05) is 13.8 Å². The van der Waals surface area contributed by atoms with Gasteiger partial charge in [-0.3, -0.25) is 0 Å². The number of nitrogens with zero attached hydrogens (tertiary/aromatic N) is 1. The highest BCUT2D eigenvalue weighted by Gasteiger charge is 2.27. The second kappa shape index (κ2) is 5.53. The van der Waals surface area contributed by atoms with Crippen molar-refractivity contribution in [2.24, 2.45) is 0 Å². The van der Waals surface area contributed by atoms with Gasteiger partial charge >= 0.3 is 0 Å². The SMILES string of the molecule is CCN(CC)S(=O)(=O)c1cc(CCl)oc1Br. The van der Waals surface area contributed by atoms with Crippen molar-refractivity contribution in [1.29, 1.82) is 0 Å². The van der Waals surface area contributed by atoms with Crippen LogP contribution >= 0.6 is 27.5 Å². The van der Waals surface area contributed by atoms with E-state index in [2.05, 4.69) is 15.9 Å². The Bertz CT molecular complexity index is 453. The molecule has 0 saturated carbocycles. The summed E-state index contributed by atoms with van der Waals surface area (Å²) >= 11 is 8.68. The number of hydrogen-bond donors (Lipinski definition) is 0. The highest BCUT2D eigenvalue weighted by atomic mass is 79.9. The molecule has 0 radical (unpaired) electrons. The summed E-state index contributed by atoms with van der Waals surface area (Å²) in [4.78, 5) is 0.131. The fourth-order valence-electron chi connectivity index (χ4n) is 1.34. The predicted molar refractivity (Wildman–Crippen MR) is 66.1 cm³/mol. The molecular weight excluding hydrogens is 318 g/mol. The van der Waals surface area contributed by atoms with Crippen molar-refractivity contribution in [1.82, 2.24) is 4.31 Å². The third-order valence-corrected chi connectivity index (χ3v) is 5.33. The fourth-order valence-corrected chi connectivity index (χ4v) is 3.89. The molecule has 0 atom stereocenters. The summed E-state index contributed by atoms with van der Waals surface area (Å²) in [5, 5.41) is 0. The lowest BCUT2D eigenvalue weighted by molar-refractivity contribution is 0.441. The van der Waals surface area contributed by atoms with E-state index in [1.165, 1.54) is 10.4 Å². The lowest BCUT2D eigenvalue weighted by atomic mass is 10.5. The number of sulfonamides is 1. The number of halogens is 2. The van der Waals surface area contributed by atoms with E-state index in [-0.39, 0.29) is 15.4 Å². The molecule has 0 spiro atoms. The van der Waals surface area contributed by atoms with Gasteiger partial charge in [0.15, 0.2) is 4.67 Å². The van der Waals surface area contributed by atoms with Crippen LogP contribution in [-0.4, -0.2) is 25.8 Å². The van der Waals surface area contributed by atoms with Gasteiger partial charge in [0.1, 0.15) is 10.7 Å². The maximum absolute atomic E-state index is 12.1. The van der Waals surface area contributed by atoms with E-state index in [4.69, 9.17) is 16.0 Å². The average Bonchev–Trinajstić information content (AvgIpc) is 2.61.